The average molecular weight is 274 g/mol. The van der Waals surface area contributed by atoms with Gasteiger partial charge in [0, 0.05) is 25.6 Å². The molecule has 3 heterocycles. The third-order valence-corrected chi connectivity index (χ3v) is 3.82. The Kier molecular flexibility index (Phi) is 2.64. The maximum atomic E-state index is 12.4. The van der Waals surface area contributed by atoms with Crippen molar-refractivity contribution in [2.75, 3.05) is 17.7 Å². The van der Waals surface area contributed by atoms with Gasteiger partial charge in [-0.05, 0) is 0 Å². The van der Waals surface area contributed by atoms with E-state index in [0.29, 0.717) is 26.6 Å². The highest BCUT2D eigenvalue weighted by Crippen LogP contribution is 2.31. The Bertz CT molecular complexity index is 735. The molecule has 7 nitrogen and oxygen atoms in total. The normalized spacial score (nSPS) is 10.8. The molecule has 0 fully saturated rings. The van der Waals surface area contributed by atoms with E-state index in [2.05, 4.69) is 20.2 Å². The molecule has 96 valence electrons. The first-order valence-electron chi connectivity index (χ1n) is 5.44. The lowest BCUT2D eigenvalue weighted by atomic mass is 10.3. The lowest BCUT2D eigenvalue weighted by Crippen LogP contribution is -2.25. The predicted molar refractivity (Wildman–Crippen MR) is 73.1 cm³/mol. The van der Waals surface area contributed by atoms with Gasteiger partial charge in [0.2, 0.25) is 0 Å². The van der Waals surface area contributed by atoms with Crippen LogP contribution in [0.3, 0.4) is 0 Å². The minimum atomic E-state index is -0.205. The van der Waals surface area contributed by atoms with Crippen LogP contribution in [0.25, 0.3) is 10.3 Å². The maximum absolute atomic E-state index is 12.4. The van der Waals surface area contributed by atoms with Gasteiger partial charge in [-0.2, -0.15) is 5.10 Å². The van der Waals surface area contributed by atoms with Crippen LogP contribution in [0, 0.1) is 0 Å². The van der Waals surface area contributed by atoms with Crippen LogP contribution in [0.2, 0.25) is 0 Å². The van der Waals surface area contributed by atoms with E-state index in [1.54, 1.807) is 31.8 Å². The lowest BCUT2D eigenvalue weighted by Gasteiger charge is -2.13. The number of hydrogen-bond acceptors (Lipinski definition) is 6. The maximum Gasteiger partial charge on any atom is 0.270 e. The molecule has 0 saturated carbocycles. The molecule has 3 N–H and O–H groups in total. The number of hydrogen-bond donors (Lipinski definition) is 2. The molecule has 0 aliphatic rings. The van der Waals surface area contributed by atoms with E-state index < -0.39 is 0 Å². The molecular weight excluding hydrogens is 264 g/mol. The van der Waals surface area contributed by atoms with Gasteiger partial charge in [-0.1, -0.05) is 0 Å². The summed E-state index contributed by atoms with van der Waals surface area (Å²) in [5.74, 6) is -0.205. The van der Waals surface area contributed by atoms with Crippen molar-refractivity contribution in [1.82, 2.24) is 20.2 Å². The Hall–Kier alpha value is -2.48. The summed E-state index contributed by atoms with van der Waals surface area (Å²) in [6.07, 6.45) is 6.33. The number of thiophene rings is 1. The molecule has 0 radical (unpaired) electrons. The van der Waals surface area contributed by atoms with Crippen molar-refractivity contribution >= 4 is 39.0 Å². The zero-order valence-corrected chi connectivity index (χ0v) is 10.8. The molecule has 0 aliphatic carbocycles. The predicted octanol–water partition coefficient (Wildman–Crippen LogP) is 1.27. The number of aromatic amines is 1. The number of nitrogens with two attached hydrogens (primary N) is 1. The molecule has 3 aromatic rings. The first-order chi connectivity index (χ1) is 9.18. The zero-order chi connectivity index (χ0) is 13.4. The average Bonchev–Trinajstić information content (AvgIpc) is 3.06. The third kappa shape index (κ3) is 1.82. The van der Waals surface area contributed by atoms with Crippen LogP contribution < -0.4 is 10.6 Å². The number of rotatable bonds is 2. The van der Waals surface area contributed by atoms with Crippen LogP contribution in [0.1, 0.15) is 9.67 Å². The van der Waals surface area contributed by atoms with Gasteiger partial charge in [0.1, 0.15) is 15.2 Å². The molecule has 0 unspecified atom stereocenters. The molecule has 1 amide bonds. The number of nitrogen functional groups attached to an aromatic ring is 1. The summed E-state index contributed by atoms with van der Waals surface area (Å²) in [6, 6.07) is 0. The van der Waals surface area contributed by atoms with Gasteiger partial charge in [0.15, 0.2) is 0 Å². The van der Waals surface area contributed by atoms with Crippen molar-refractivity contribution < 1.29 is 4.79 Å². The molecule has 0 aromatic carbocycles. The van der Waals surface area contributed by atoms with Gasteiger partial charge in [-0.3, -0.25) is 9.89 Å². The Morgan fingerprint density at radius 3 is 2.89 bits per heavy atom. The molecular formula is C11H10N6OS. The monoisotopic (exact) mass is 274 g/mol. The van der Waals surface area contributed by atoms with E-state index in [1.165, 1.54) is 16.2 Å². The highest BCUT2D eigenvalue weighted by atomic mass is 32.1. The second kappa shape index (κ2) is 4.32. The number of nitrogens with one attached hydrogen (secondary N) is 1. The number of H-pyrrole nitrogens is 1. The van der Waals surface area contributed by atoms with Crippen molar-refractivity contribution in [3.05, 3.63) is 29.7 Å². The summed E-state index contributed by atoms with van der Waals surface area (Å²) in [5, 5.41) is 6.47. The minimum absolute atomic E-state index is 0.205. The van der Waals surface area contributed by atoms with Gasteiger partial charge < -0.3 is 10.6 Å². The highest BCUT2D eigenvalue weighted by Gasteiger charge is 2.22. The van der Waals surface area contributed by atoms with Gasteiger partial charge in [-0.25, -0.2) is 9.97 Å². The van der Waals surface area contributed by atoms with E-state index in [4.69, 9.17) is 5.73 Å². The molecule has 0 atom stereocenters. The quantitative estimate of drug-likeness (QED) is 0.733. The SMILES string of the molecule is CN(C(=O)c1sc2nccnc2c1N)c1cn[nH]c1. The Balaban J connectivity index is 2.04. The first kappa shape index (κ1) is 11.6. The standard InChI is InChI=1S/C11H10N6OS/c1-17(6-4-15-16-5-6)11(18)9-7(12)8-10(19-9)14-3-2-13-8/h2-5H,12H2,1H3,(H,15,16). The van der Waals surface area contributed by atoms with Crippen LogP contribution >= 0.6 is 11.3 Å². The van der Waals surface area contributed by atoms with Gasteiger partial charge in [0.05, 0.1) is 17.6 Å². The van der Waals surface area contributed by atoms with E-state index in [-0.39, 0.29) is 5.91 Å². The lowest BCUT2D eigenvalue weighted by molar-refractivity contribution is 0.0997. The van der Waals surface area contributed by atoms with Crippen molar-refractivity contribution in [3.63, 3.8) is 0 Å². The Labute approximate surface area is 112 Å². The third-order valence-electron chi connectivity index (χ3n) is 2.73. The number of amides is 1. The van der Waals surface area contributed by atoms with Crippen LogP contribution in [-0.2, 0) is 0 Å². The van der Waals surface area contributed by atoms with E-state index >= 15 is 0 Å². The van der Waals surface area contributed by atoms with Crippen LogP contribution in [0.5, 0.6) is 0 Å². The van der Waals surface area contributed by atoms with Crippen LogP contribution in [0.15, 0.2) is 24.8 Å². The second-order valence-electron chi connectivity index (χ2n) is 3.88. The highest BCUT2D eigenvalue weighted by molar-refractivity contribution is 7.21. The van der Waals surface area contributed by atoms with Crippen LogP contribution in [-0.4, -0.2) is 33.1 Å². The first-order valence-corrected chi connectivity index (χ1v) is 6.26. The zero-order valence-electron chi connectivity index (χ0n) is 9.99. The van der Waals surface area contributed by atoms with Crippen molar-refractivity contribution in [3.8, 4) is 0 Å². The summed E-state index contributed by atoms with van der Waals surface area (Å²) in [5.41, 5.74) is 7.57. The molecule has 0 aliphatic heterocycles. The van der Waals surface area contributed by atoms with Crippen molar-refractivity contribution in [1.29, 1.82) is 0 Å². The molecule has 0 bridgehead atoms. The molecule has 19 heavy (non-hydrogen) atoms. The smallest absolute Gasteiger partial charge is 0.270 e. The van der Waals surface area contributed by atoms with Crippen LogP contribution in [0.4, 0.5) is 11.4 Å². The molecule has 3 rings (SSSR count). The fourth-order valence-electron chi connectivity index (χ4n) is 1.70. The van der Waals surface area contributed by atoms with Crippen molar-refractivity contribution in [2.45, 2.75) is 0 Å². The number of nitrogens with zero attached hydrogens (tertiary/aromatic N) is 4. The minimum Gasteiger partial charge on any atom is -0.396 e. The van der Waals surface area contributed by atoms with Gasteiger partial charge in [-0.15, -0.1) is 11.3 Å². The summed E-state index contributed by atoms with van der Waals surface area (Å²) < 4.78 is 0. The fraction of sp³-hybridized carbons (Fsp3) is 0.0909. The van der Waals surface area contributed by atoms with E-state index in [9.17, 15) is 4.79 Å². The summed E-state index contributed by atoms with van der Waals surface area (Å²) in [6.45, 7) is 0. The number of fused-ring (bicyclic) bond motifs is 1. The van der Waals surface area contributed by atoms with E-state index in [1.807, 2.05) is 0 Å². The van der Waals surface area contributed by atoms with E-state index in [0.717, 1.165) is 0 Å². The molecule has 0 spiro atoms. The number of anilines is 2. The number of aromatic nitrogens is 4. The Morgan fingerprint density at radius 1 is 1.42 bits per heavy atom. The largest absolute Gasteiger partial charge is 0.396 e. The number of carbonyl (C=O) groups excluding carboxylic acids is 1. The second-order valence-corrected chi connectivity index (χ2v) is 4.87. The summed E-state index contributed by atoms with van der Waals surface area (Å²) in [4.78, 5) is 23.3. The fourth-order valence-corrected chi connectivity index (χ4v) is 2.70. The topological polar surface area (TPSA) is 101 Å². The van der Waals surface area contributed by atoms with Gasteiger partial charge in [0.25, 0.3) is 5.91 Å². The van der Waals surface area contributed by atoms with Gasteiger partial charge >= 0.3 is 0 Å². The van der Waals surface area contributed by atoms with Crippen molar-refractivity contribution in [2.24, 2.45) is 0 Å². The molecule has 0 saturated heterocycles. The summed E-state index contributed by atoms with van der Waals surface area (Å²) in [7, 11) is 1.66. The molecule has 3 aromatic heterocycles. The number of carbonyl (C=O) groups is 1. The summed E-state index contributed by atoms with van der Waals surface area (Å²) >= 11 is 1.24. The Morgan fingerprint density at radius 2 is 2.21 bits per heavy atom. The molecule has 8 heteroatoms.